The molecule has 0 saturated heterocycles. The summed E-state index contributed by atoms with van der Waals surface area (Å²) < 4.78 is 11.3. The zero-order valence-electron chi connectivity index (χ0n) is 21.9. The summed E-state index contributed by atoms with van der Waals surface area (Å²) in [5, 5.41) is 7.23. The van der Waals surface area contributed by atoms with Gasteiger partial charge in [0, 0.05) is 5.69 Å². The summed E-state index contributed by atoms with van der Waals surface area (Å²) in [6.45, 7) is -0.101. The minimum Gasteiger partial charge on any atom is -0.493 e. The topological polar surface area (TPSA) is 71.9 Å². The van der Waals surface area contributed by atoms with Crippen molar-refractivity contribution in [1.82, 2.24) is 0 Å². The van der Waals surface area contributed by atoms with E-state index in [0.29, 0.717) is 16.9 Å². The molecule has 4 fully saturated rings. The number of hydrazone groups is 1. The van der Waals surface area contributed by atoms with Crippen LogP contribution in [0.1, 0.15) is 49.7 Å². The molecule has 4 aliphatic rings. The van der Waals surface area contributed by atoms with E-state index >= 15 is 0 Å². The lowest BCUT2D eigenvalue weighted by molar-refractivity contribution is -0.118. The molecule has 4 aliphatic carbocycles. The normalized spacial score (nSPS) is 25.3. The van der Waals surface area contributed by atoms with E-state index < -0.39 is 0 Å². The molecule has 196 valence electrons. The third-order valence-corrected chi connectivity index (χ3v) is 8.55. The van der Waals surface area contributed by atoms with Gasteiger partial charge < -0.3 is 14.8 Å². The molecule has 0 atom stereocenters. The molecule has 0 aliphatic heterocycles. The van der Waals surface area contributed by atoms with Crippen LogP contribution < -0.4 is 20.2 Å². The van der Waals surface area contributed by atoms with Crippen LogP contribution in [0.25, 0.3) is 0 Å². The summed E-state index contributed by atoms with van der Waals surface area (Å²) in [4.78, 5) is 12.6. The van der Waals surface area contributed by atoms with Gasteiger partial charge in [0.15, 0.2) is 18.1 Å². The Balaban J connectivity index is 1.03. The van der Waals surface area contributed by atoms with E-state index in [0.717, 1.165) is 34.7 Å². The molecule has 6 heteroatoms. The molecule has 7 rings (SSSR count). The zero-order valence-corrected chi connectivity index (χ0v) is 21.9. The van der Waals surface area contributed by atoms with Gasteiger partial charge in [0.1, 0.15) is 0 Å². The van der Waals surface area contributed by atoms with Crippen LogP contribution in [0.4, 0.5) is 11.4 Å². The van der Waals surface area contributed by atoms with Crippen LogP contribution in [0.5, 0.6) is 11.5 Å². The van der Waals surface area contributed by atoms with Crippen molar-refractivity contribution in [3.63, 3.8) is 0 Å². The lowest BCUT2D eigenvalue weighted by Crippen LogP contribution is -2.48. The summed E-state index contributed by atoms with van der Waals surface area (Å²) in [7, 11) is 1.58. The summed E-state index contributed by atoms with van der Waals surface area (Å²) in [5.74, 6) is 3.60. The lowest BCUT2D eigenvalue weighted by atomic mass is 9.48. The highest BCUT2D eigenvalue weighted by Gasteiger charge is 2.51. The van der Waals surface area contributed by atoms with Crippen molar-refractivity contribution in [3.05, 3.63) is 83.9 Å². The molecule has 38 heavy (non-hydrogen) atoms. The van der Waals surface area contributed by atoms with Gasteiger partial charge in [-0.15, -0.1) is 0 Å². The number of methoxy groups -OCH3 is 1. The SMILES string of the molecule is COc1cc(/C=N/Nc2ccccc2)ccc1OCC(=O)Nc1ccc(C23CC4CC(CC(C4)C2)C3)cc1. The van der Waals surface area contributed by atoms with Gasteiger partial charge in [-0.25, -0.2) is 0 Å². The van der Waals surface area contributed by atoms with Crippen molar-refractivity contribution in [2.75, 3.05) is 24.5 Å². The Morgan fingerprint density at radius 3 is 2.24 bits per heavy atom. The average Bonchev–Trinajstić information content (AvgIpc) is 2.92. The Kier molecular flexibility index (Phi) is 6.79. The van der Waals surface area contributed by atoms with Gasteiger partial charge >= 0.3 is 0 Å². The van der Waals surface area contributed by atoms with Crippen LogP contribution in [0.15, 0.2) is 77.9 Å². The minimum absolute atomic E-state index is 0.101. The average molecular weight is 510 g/mol. The fourth-order valence-electron chi connectivity index (χ4n) is 7.29. The maximum atomic E-state index is 12.6. The number of hydrogen-bond acceptors (Lipinski definition) is 5. The number of para-hydroxylation sites is 1. The Labute approximate surface area is 224 Å². The van der Waals surface area contributed by atoms with Gasteiger partial charge in [-0.3, -0.25) is 10.2 Å². The Hall–Kier alpha value is -3.80. The van der Waals surface area contributed by atoms with Gasteiger partial charge in [-0.05, 0) is 115 Å². The van der Waals surface area contributed by atoms with Crippen molar-refractivity contribution >= 4 is 23.5 Å². The summed E-state index contributed by atoms with van der Waals surface area (Å²) in [6, 6.07) is 23.8. The largest absolute Gasteiger partial charge is 0.493 e. The summed E-state index contributed by atoms with van der Waals surface area (Å²) >= 11 is 0. The molecule has 0 spiro atoms. The van der Waals surface area contributed by atoms with Crippen LogP contribution in [0, 0.1) is 17.8 Å². The molecule has 3 aromatic rings. The molecule has 0 aromatic heterocycles. The third-order valence-electron chi connectivity index (χ3n) is 8.55. The molecule has 3 aromatic carbocycles. The van der Waals surface area contributed by atoms with Crippen LogP contribution in [0.2, 0.25) is 0 Å². The number of rotatable bonds is 9. The zero-order chi connectivity index (χ0) is 26.0. The molecule has 1 amide bonds. The van der Waals surface area contributed by atoms with Crippen molar-refractivity contribution in [1.29, 1.82) is 0 Å². The van der Waals surface area contributed by atoms with Gasteiger partial charge in [-0.2, -0.15) is 5.10 Å². The molecule has 0 unspecified atom stereocenters. The van der Waals surface area contributed by atoms with E-state index in [2.05, 4.69) is 28.0 Å². The highest BCUT2D eigenvalue weighted by Crippen LogP contribution is 2.60. The van der Waals surface area contributed by atoms with Gasteiger partial charge in [0.2, 0.25) is 0 Å². The van der Waals surface area contributed by atoms with E-state index in [1.807, 2.05) is 54.6 Å². The molecule has 4 bridgehead atoms. The highest BCUT2D eigenvalue weighted by molar-refractivity contribution is 5.92. The molecular weight excluding hydrogens is 474 g/mol. The van der Waals surface area contributed by atoms with Gasteiger partial charge in [0.25, 0.3) is 5.91 Å². The number of carbonyl (C=O) groups excluding carboxylic acids is 1. The van der Waals surface area contributed by atoms with E-state index in [-0.39, 0.29) is 12.5 Å². The lowest BCUT2D eigenvalue weighted by Gasteiger charge is -2.57. The second-order valence-electron chi connectivity index (χ2n) is 11.3. The smallest absolute Gasteiger partial charge is 0.262 e. The Morgan fingerprint density at radius 1 is 0.895 bits per heavy atom. The van der Waals surface area contributed by atoms with Crippen LogP contribution in [-0.4, -0.2) is 25.8 Å². The number of carbonyl (C=O) groups is 1. The fourth-order valence-corrected chi connectivity index (χ4v) is 7.29. The van der Waals surface area contributed by atoms with Crippen molar-refractivity contribution in [2.24, 2.45) is 22.9 Å². The number of nitrogens with zero attached hydrogens (tertiary/aromatic N) is 1. The molecule has 0 heterocycles. The number of ether oxygens (including phenoxy) is 2. The van der Waals surface area contributed by atoms with Gasteiger partial charge in [0.05, 0.1) is 19.0 Å². The fraction of sp³-hybridized carbons (Fsp3) is 0.375. The predicted octanol–water partition coefficient (Wildman–Crippen LogP) is 6.63. The van der Waals surface area contributed by atoms with E-state index in [1.54, 1.807) is 19.4 Å². The summed E-state index contributed by atoms with van der Waals surface area (Å²) in [6.07, 6.45) is 10.1. The molecule has 2 N–H and O–H groups in total. The van der Waals surface area contributed by atoms with Crippen molar-refractivity contribution < 1.29 is 14.3 Å². The second-order valence-corrected chi connectivity index (χ2v) is 11.3. The number of amides is 1. The highest BCUT2D eigenvalue weighted by atomic mass is 16.5. The minimum atomic E-state index is -0.202. The first-order chi connectivity index (χ1) is 18.6. The maximum Gasteiger partial charge on any atom is 0.262 e. The van der Waals surface area contributed by atoms with Crippen molar-refractivity contribution in [2.45, 2.75) is 43.9 Å². The van der Waals surface area contributed by atoms with Crippen LogP contribution >= 0.6 is 0 Å². The molecule has 0 radical (unpaired) electrons. The Morgan fingerprint density at radius 2 is 1.58 bits per heavy atom. The Bertz CT molecular complexity index is 1270. The van der Waals surface area contributed by atoms with E-state index in [4.69, 9.17) is 9.47 Å². The number of benzene rings is 3. The molecule has 6 nitrogen and oxygen atoms in total. The maximum absolute atomic E-state index is 12.6. The van der Waals surface area contributed by atoms with E-state index in [9.17, 15) is 4.79 Å². The monoisotopic (exact) mass is 509 g/mol. The number of hydrogen-bond donors (Lipinski definition) is 2. The van der Waals surface area contributed by atoms with Crippen molar-refractivity contribution in [3.8, 4) is 11.5 Å². The molecule has 4 saturated carbocycles. The first kappa shape index (κ1) is 24.5. The second kappa shape index (κ2) is 10.5. The first-order valence-corrected chi connectivity index (χ1v) is 13.6. The van der Waals surface area contributed by atoms with Gasteiger partial charge in [-0.1, -0.05) is 30.3 Å². The third kappa shape index (κ3) is 5.26. The number of nitrogens with one attached hydrogen (secondary N) is 2. The van der Waals surface area contributed by atoms with Crippen LogP contribution in [0.3, 0.4) is 0 Å². The van der Waals surface area contributed by atoms with Crippen LogP contribution in [-0.2, 0) is 10.2 Å². The molecular formula is C32H35N3O3. The first-order valence-electron chi connectivity index (χ1n) is 13.6. The number of anilines is 2. The van der Waals surface area contributed by atoms with E-state index in [1.165, 1.54) is 44.1 Å². The predicted molar refractivity (Wildman–Crippen MR) is 151 cm³/mol. The quantitative estimate of drug-likeness (QED) is 0.251. The summed E-state index contributed by atoms with van der Waals surface area (Å²) in [5.41, 5.74) is 7.37. The standard InChI is InChI=1S/C32H35N3O3/c1-37-30-16-22(20-33-35-28-5-3-2-4-6-28)7-12-29(30)38-21-31(36)34-27-10-8-26(9-11-27)32-17-23-13-24(18-32)15-25(14-23)19-32/h2-12,16,20,23-25,35H,13-15,17-19,21H2,1H3,(H,34,36)/b33-20+.